The van der Waals surface area contributed by atoms with E-state index in [9.17, 15) is 14.7 Å². The van der Waals surface area contributed by atoms with Crippen molar-refractivity contribution in [1.29, 1.82) is 0 Å². The number of aryl methyl sites for hydroxylation is 2. The van der Waals surface area contributed by atoms with Gasteiger partial charge in [-0.25, -0.2) is 0 Å². The third-order valence-electron chi connectivity index (χ3n) is 4.18. The van der Waals surface area contributed by atoms with Gasteiger partial charge in [-0.2, -0.15) is 0 Å². The molecule has 1 aliphatic carbocycles. The standard InChI is InChI=1S/C19H20N2O3/c1-11-7-12(2)9-14(8-11)20-18(23)19(24)21-17-15-6-4-3-5-13(15)10-16(17)22/h3-9,16-17,22H,10H2,1-2H3,(H,20,23)(H,21,24)/t16-,17+/m1/s1. The number of rotatable bonds is 2. The maximum atomic E-state index is 12.2. The van der Waals surface area contributed by atoms with Gasteiger partial charge in [0.05, 0.1) is 12.1 Å². The molecule has 0 saturated heterocycles. The average Bonchev–Trinajstić information content (AvgIpc) is 2.82. The molecule has 124 valence electrons. The molecule has 0 saturated carbocycles. The van der Waals surface area contributed by atoms with Crippen LogP contribution in [0.1, 0.15) is 28.3 Å². The Kier molecular flexibility index (Phi) is 4.36. The summed E-state index contributed by atoms with van der Waals surface area (Å²) in [4.78, 5) is 24.3. The lowest BCUT2D eigenvalue weighted by Crippen LogP contribution is -2.40. The molecule has 1 aliphatic rings. The third-order valence-corrected chi connectivity index (χ3v) is 4.18. The van der Waals surface area contributed by atoms with Gasteiger partial charge in [0.15, 0.2) is 0 Å². The van der Waals surface area contributed by atoms with Crippen molar-refractivity contribution in [2.45, 2.75) is 32.4 Å². The van der Waals surface area contributed by atoms with Crippen LogP contribution in [0.3, 0.4) is 0 Å². The highest BCUT2D eigenvalue weighted by Crippen LogP contribution is 2.31. The molecule has 0 fully saturated rings. The highest BCUT2D eigenvalue weighted by Gasteiger charge is 2.33. The van der Waals surface area contributed by atoms with E-state index >= 15 is 0 Å². The number of anilines is 1. The molecule has 0 radical (unpaired) electrons. The fraction of sp³-hybridized carbons (Fsp3) is 0.263. The predicted octanol–water partition coefficient (Wildman–Crippen LogP) is 2.02. The Labute approximate surface area is 140 Å². The van der Waals surface area contributed by atoms with Gasteiger partial charge in [-0.3, -0.25) is 9.59 Å². The Morgan fingerprint density at radius 3 is 2.42 bits per heavy atom. The van der Waals surface area contributed by atoms with E-state index in [4.69, 9.17) is 0 Å². The summed E-state index contributed by atoms with van der Waals surface area (Å²) in [5.41, 5.74) is 4.44. The minimum atomic E-state index is -0.755. The average molecular weight is 324 g/mol. The molecule has 0 aliphatic heterocycles. The van der Waals surface area contributed by atoms with Crippen LogP contribution in [0.5, 0.6) is 0 Å². The number of hydrogen-bond donors (Lipinski definition) is 3. The van der Waals surface area contributed by atoms with E-state index in [1.54, 1.807) is 12.1 Å². The summed E-state index contributed by atoms with van der Waals surface area (Å²) < 4.78 is 0. The van der Waals surface area contributed by atoms with Gasteiger partial charge in [0, 0.05) is 12.1 Å². The number of aliphatic hydroxyl groups excluding tert-OH is 1. The first-order valence-electron chi connectivity index (χ1n) is 7.90. The summed E-state index contributed by atoms with van der Waals surface area (Å²) in [6, 6.07) is 12.6. The van der Waals surface area contributed by atoms with Crippen molar-refractivity contribution >= 4 is 17.5 Å². The molecule has 5 heteroatoms. The van der Waals surface area contributed by atoms with E-state index in [1.807, 2.05) is 44.2 Å². The first-order chi connectivity index (χ1) is 11.4. The number of aliphatic hydroxyl groups is 1. The molecule has 2 amide bonds. The first-order valence-corrected chi connectivity index (χ1v) is 7.90. The van der Waals surface area contributed by atoms with Crippen LogP contribution < -0.4 is 10.6 Å². The van der Waals surface area contributed by atoms with Crippen molar-refractivity contribution in [2.24, 2.45) is 0 Å². The number of carbonyl (C=O) groups excluding carboxylic acids is 2. The Hall–Kier alpha value is -2.66. The Morgan fingerprint density at radius 2 is 1.71 bits per heavy atom. The molecule has 3 N–H and O–H groups in total. The van der Waals surface area contributed by atoms with E-state index in [0.29, 0.717) is 12.1 Å². The van der Waals surface area contributed by atoms with Crippen LogP contribution in [0, 0.1) is 13.8 Å². The molecule has 2 atom stereocenters. The number of benzene rings is 2. The maximum absolute atomic E-state index is 12.2. The second kappa shape index (κ2) is 6.45. The summed E-state index contributed by atoms with van der Waals surface area (Å²) >= 11 is 0. The van der Waals surface area contributed by atoms with Gasteiger partial charge in [0.1, 0.15) is 0 Å². The van der Waals surface area contributed by atoms with Crippen LogP contribution in [0.15, 0.2) is 42.5 Å². The lowest BCUT2D eigenvalue weighted by atomic mass is 10.1. The van der Waals surface area contributed by atoms with Crippen LogP contribution in [0.25, 0.3) is 0 Å². The third kappa shape index (κ3) is 3.31. The minimum Gasteiger partial charge on any atom is -0.390 e. The van der Waals surface area contributed by atoms with Crippen LogP contribution in [-0.4, -0.2) is 23.0 Å². The molecule has 24 heavy (non-hydrogen) atoms. The largest absolute Gasteiger partial charge is 0.390 e. The maximum Gasteiger partial charge on any atom is 0.313 e. The first kappa shape index (κ1) is 16.2. The molecule has 0 bridgehead atoms. The zero-order chi connectivity index (χ0) is 17.3. The molecule has 2 aromatic carbocycles. The number of fused-ring (bicyclic) bond motifs is 1. The van der Waals surface area contributed by atoms with Gasteiger partial charge >= 0.3 is 11.8 Å². The monoisotopic (exact) mass is 324 g/mol. The van der Waals surface area contributed by atoms with Crippen molar-refractivity contribution in [3.63, 3.8) is 0 Å². The molecule has 5 nitrogen and oxygen atoms in total. The summed E-state index contributed by atoms with van der Waals surface area (Å²) in [6.45, 7) is 3.85. The van der Waals surface area contributed by atoms with Crippen LogP contribution in [0.2, 0.25) is 0 Å². The van der Waals surface area contributed by atoms with E-state index in [1.165, 1.54) is 0 Å². The molecule has 0 unspecified atom stereocenters. The van der Waals surface area contributed by atoms with Gasteiger partial charge in [-0.05, 0) is 48.2 Å². The minimum absolute atomic E-state index is 0.472. The van der Waals surface area contributed by atoms with Crippen molar-refractivity contribution in [2.75, 3.05) is 5.32 Å². The molecule has 2 aromatic rings. The van der Waals surface area contributed by atoms with Crippen LogP contribution in [0.4, 0.5) is 5.69 Å². The van der Waals surface area contributed by atoms with E-state index in [0.717, 1.165) is 22.3 Å². The normalized spacial score (nSPS) is 18.8. The number of nitrogens with one attached hydrogen (secondary N) is 2. The zero-order valence-electron chi connectivity index (χ0n) is 13.7. The van der Waals surface area contributed by atoms with E-state index in [2.05, 4.69) is 10.6 Å². The lowest BCUT2D eigenvalue weighted by molar-refractivity contribution is -0.137. The van der Waals surface area contributed by atoms with Gasteiger partial charge in [0.2, 0.25) is 0 Å². The quantitative estimate of drug-likeness (QED) is 0.740. The predicted molar refractivity (Wildman–Crippen MR) is 91.6 cm³/mol. The fourth-order valence-corrected chi connectivity index (χ4v) is 3.19. The molecule has 0 heterocycles. The van der Waals surface area contributed by atoms with E-state index < -0.39 is 24.0 Å². The second-order valence-electron chi connectivity index (χ2n) is 6.25. The van der Waals surface area contributed by atoms with Crippen molar-refractivity contribution in [3.05, 3.63) is 64.7 Å². The molecule has 3 rings (SSSR count). The smallest absolute Gasteiger partial charge is 0.313 e. The van der Waals surface area contributed by atoms with Crippen molar-refractivity contribution < 1.29 is 14.7 Å². The highest BCUT2D eigenvalue weighted by molar-refractivity contribution is 6.39. The fourth-order valence-electron chi connectivity index (χ4n) is 3.19. The highest BCUT2D eigenvalue weighted by atomic mass is 16.3. The summed E-state index contributed by atoms with van der Waals surface area (Å²) in [5, 5.41) is 15.4. The summed E-state index contributed by atoms with van der Waals surface area (Å²) in [5.74, 6) is -1.49. The number of carbonyl (C=O) groups is 2. The van der Waals surface area contributed by atoms with Crippen LogP contribution in [-0.2, 0) is 16.0 Å². The number of amides is 2. The van der Waals surface area contributed by atoms with Crippen molar-refractivity contribution in [3.8, 4) is 0 Å². The Morgan fingerprint density at radius 1 is 1.04 bits per heavy atom. The van der Waals surface area contributed by atoms with Gasteiger partial charge in [0.25, 0.3) is 0 Å². The lowest BCUT2D eigenvalue weighted by Gasteiger charge is -2.17. The van der Waals surface area contributed by atoms with Gasteiger partial charge < -0.3 is 15.7 Å². The van der Waals surface area contributed by atoms with Gasteiger partial charge in [-0.15, -0.1) is 0 Å². The van der Waals surface area contributed by atoms with Crippen LogP contribution >= 0.6 is 0 Å². The molecule has 0 spiro atoms. The SMILES string of the molecule is Cc1cc(C)cc(NC(=O)C(=O)N[C@H]2c3ccccc3C[C@H]2O)c1. The molecular formula is C19H20N2O3. The second-order valence-corrected chi connectivity index (χ2v) is 6.25. The Bertz CT molecular complexity index is 781. The Balaban J connectivity index is 1.70. The summed E-state index contributed by atoms with van der Waals surface area (Å²) in [6.07, 6.45) is -0.250. The molecule has 0 aromatic heterocycles. The topological polar surface area (TPSA) is 78.4 Å². The number of hydrogen-bond acceptors (Lipinski definition) is 3. The van der Waals surface area contributed by atoms with E-state index in [-0.39, 0.29) is 0 Å². The zero-order valence-corrected chi connectivity index (χ0v) is 13.7. The summed E-state index contributed by atoms with van der Waals surface area (Å²) in [7, 11) is 0. The van der Waals surface area contributed by atoms with Crippen molar-refractivity contribution in [1.82, 2.24) is 5.32 Å². The molecular weight excluding hydrogens is 304 g/mol. The van der Waals surface area contributed by atoms with Gasteiger partial charge in [-0.1, -0.05) is 30.3 Å².